The predicted octanol–water partition coefficient (Wildman–Crippen LogP) is 2.65. The Morgan fingerprint density at radius 3 is 2.60 bits per heavy atom. The molecule has 0 atom stereocenters. The van der Waals surface area contributed by atoms with Gasteiger partial charge in [-0.25, -0.2) is 4.68 Å². The predicted molar refractivity (Wildman–Crippen MR) is 75.0 cm³/mol. The molecule has 5 heteroatoms. The van der Waals surface area contributed by atoms with Crippen LogP contribution in [0.15, 0.2) is 54.7 Å². The summed E-state index contributed by atoms with van der Waals surface area (Å²) in [5, 5.41) is 17.7. The summed E-state index contributed by atoms with van der Waals surface area (Å²) in [5.41, 5.74) is 2.48. The molecule has 1 aromatic heterocycles. The van der Waals surface area contributed by atoms with Crippen LogP contribution in [0.5, 0.6) is 11.5 Å². The van der Waals surface area contributed by atoms with Crippen LogP contribution in [0.25, 0.3) is 16.9 Å². The minimum Gasteiger partial charge on any atom is -0.508 e. The van der Waals surface area contributed by atoms with E-state index >= 15 is 0 Å². The van der Waals surface area contributed by atoms with Crippen molar-refractivity contribution in [3.63, 3.8) is 0 Å². The van der Waals surface area contributed by atoms with E-state index < -0.39 is 0 Å². The van der Waals surface area contributed by atoms with Gasteiger partial charge in [-0.05, 0) is 36.4 Å². The zero-order chi connectivity index (χ0) is 13.9. The van der Waals surface area contributed by atoms with Gasteiger partial charge >= 0.3 is 0 Å². The molecule has 0 aliphatic heterocycles. The second-order valence-corrected chi connectivity index (χ2v) is 4.30. The molecule has 0 aliphatic rings. The van der Waals surface area contributed by atoms with Gasteiger partial charge in [0.15, 0.2) is 0 Å². The molecule has 1 heterocycles. The average molecular weight is 267 g/mol. The maximum absolute atomic E-state index is 9.48. The van der Waals surface area contributed by atoms with Gasteiger partial charge in [-0.1, -0.05) is 11.3 Å². The molecule has 0 saturated carbocycles. The molecule has 1 N–H and O–H groups in total. The summed E-state index contributed by atoms with van der Waals surface area (Å²) < 4.78 is 6.75. The first-order valence-electron chi connectivity index (χ1n) is 6.12. The molecule has 3 aromatic rings. The van der Waals surface area contributed by atoms with Gasteiger partial charge < -0.3 is 9.84 Å². The molecule has 0 bridgehead atoms. The molecule has 5 nitrogen and oxygen atoms in total. The Morgan fingerprint density at radius 2 is 1.90 bits per heavy atom. The topological polar surface area (TPSA) is 60.2 Å². The van der Waals surface area contributed by atoms with Crippen LogP contribution in [0.4, 0.5) is 0 Å². The molecule has 3 rings (SSSR count). The van der Waals surface area contributed by atoms with Crippen molar-refractivity contribution in [2.45, 2.75) is 0 Å². The number of aromatic nitrogens is 3. The number of hydrogen-bond donors (Lipinski definition) is 1. The van der Waals surface area contributed by atoms with Crippen LogP contribution in [0, 0.1) is 0 Å². The van der Waals surface area contributed by atoms with E-state index in [1.807, 2.05) is 36.5 Å². The molecule has 0 saturated heterocycles. The normalized spacial score (nSPS) is 10.4. The van der Waals surface area contributed by atoms with E-state index in [0.29, 0.717) is 0 Å². The number of aromatic hydroxyl groups is 1. The van der Waals surface area contributed by atoms with Gasteiger partial charge in [-0.3, -0.25) is 0 Å². The average Bonchev–Trinajstić information content (AvgIpc) is 2.97. The minimum absolute atomic E-state index is 0.198. The maximum Gasteiger partial charge on any atom is 0.118 e. The monoisotopic (exact) mass is 267 g/mol. The number of phenolic OH excluding ortho intramolecular Hbond substituents is 1. The minimum atomic E-state index is 0.198. The summed E-state index contributed by atoms with van der Waals surface area (Å²) in [4.78, 5) is 0. The van der Waals surface area contributed by atoms with Crippen molar-refractivity contribution in [1.29, 1.82) is 0 Å². The van der Waals surface area contributed by atoms with E-state index in [0.717, 1.165) is 22.7 Å². The molecule has 0 unspecified atom stereocenters. The number of ether oxygens (including phenoxy) is 1. The van der Waals surface area contributed by atoms with Crippen LogP contribution in [0.1, 0.15) is 0 Å². The Hall–Kier alpha value is -2.82. The molecule has 20 heavy (non-hydrogen) atoms. The number of benzene rings is 2. The van der Waals surface area contributed by atoms with Crippen LogP contribution < -0.4 is 4.74 Å². The summed E-state index contributed by atoms with van der Waals surface area (Å²) in [5.74, 6) is 0.998. The Kier molecular flexibility index (Phi) is 3.09. The fraction of sp³-hybridized carbons (Fsp3) is 0.0667. The first kappa shape index (κ1) is 12.2. The summed E-state index contributed by atoms with van der Waals surface area (Å²) in [7, 11) is 1.63. The lowest BCUT2D eigenvalue weighted by atomic mass is 10.1. The molecule has 0 fully saturated rings. The van der Waals surface area contributed by atoms with E-state index in [-0.39, 0.29) is 5.75 Å². The molecule has 100 valence electrons. The van der Waals surface area contributed by atoms with Gasteiger partial charge in [0.25, 0.3) is 0 Å². The second-order valence-electron chi connectivity index (χ2n) is 4.30. The zero-order valence-corrected chi connectivity index (χ0v) is 10.9. The molecule has 0 amide bonds. The van der Waals surface area contributed by atoms with E-state index in [1.54, 1.807) is 30.0 Å². The number of rotatable bonds is 3. The lowest BCUT2D eigenvalue weighted by Crippen LogP contribution is -1.93. The molecule has 0 spiro atoms. The summed E-state index contributed by atoms with van der Waals surface area (Å²) >= 11 is 0. The van der Waals surface area contributed by atoms with Crippen LogP contribution >= 0.6 is 0 Å². The summed E-state index contributed by atoms with van der Waals surface area (Å²) in [6.07, 6.45) is 1.82. The van der Waals surface area contributed by atoms with Crippen molar-refractivity contribution in [2.24, 2.45) is 0 Å². The highest BCUT2D eigenvalue weighted by Crippen LogP contribution is 2.21. The largest absolute Gasteiger partial charge is 0.508 e. The van der Waals surface area contributed by atoms with E-state index in [2.05, 4.69) is 10.3 Å². The van der Waals surface area contributed by atoms with E-state index in [4.69, 9.17) is 4.74 Å². The third-order valence-corrected chi connectivity index (χ3v) is 2.97. The van der Waals surface area contributed by atoms with Crippen LogP contribution in [0.3, 0.4) is 0 Å². The van der Waals surface area contributed by atoms with E-state index in [9.17, 15) is 5.11 Å². The maximum atomic E-state index is 9.48. The fourth-order valence-electron chi connectivity index (χ4n) is 1.92. The third-order valence-electron chi connectivity index (χ3n) is 2.97. The first-order chi connectivity index (χ1) is 9.76. The van der Waals surface area contributed by atoms with Crippen molar-refractivity contribution < 1.29 is 9.84 Å². The summed E-state index contributed by atoms with van der Waals surface area (Å²) in [6, 6.07) is 14.5. The molecular weight excluding hydrogens is 254 g/mol. The molecular formula is C15H13N3O2. The molecule has 2 aromatic carbocycles. The van der Waals surface area contributed by atoms with Crippen LogP contribution in [-0.2, 0) is 0 Å². The van der Waals surface area contributed by atoms with Gasteiger partial charge in [0, 0.05) is 11.6 Å². The van der Waals surface area contributed by atoms with Gasteiger partial charge in [0.2, 0.25) is 0 Å². The first-order valence-corrected chi connectivity index (χ1v) is 6.12. The number of phenols is 1. The molecule has 0 aliphatic carbocycles. The number of methoxy groups -OCH3 is 1. The van der Waals surface area contributed by atoms with Crippen molar-refractivity contribution in [3.05, 3.63) is 54.7 Å². The lowest BCUT2D eigenvalue weighted by molar-refractivity contribution is 0.415. The second kappa shape index (κ2) is 5.05. The Labute approximate surface area is 116 Å². The van der Waals surface area contributed by atoms with Crippen molar-refractivity contribution in [3.8, 4) is 28.4 Å². The highest BCUT2D eigenvalue weighted by Gasteiger charge is 2.06. The summed E-state index contributed by atoms with van der Waals surface area (Å²) in [6.45, 7) is 0. The van der Waals surface area contributed by atoms with E-state index in [1.165, 1.54) is 0 Å². The van der Waals surface area contributed by atoms with Gasteiger partial charge in [-0.2, -0.15) is 0 Å². The van der Waals surface area contributed by atoms with Crippen molar-refractivity contribution in [2.75, 3.05) is 7.11 Å². The van der Waals surface area contributed by atoms with Crippen molar-refractivity contribution in [1.82, 2.24) is 15.0 Å². The van der Waals surface area contributed by atoms with Crippen LogP contribution in [0.2, 0.25) is 0 Å². The van der Waals surface area contributed by atoms with Gasteiger partial charge in [0.05, 0.1) is 19.0 Å². The molecule has 0 radical (unpaired) electrons. The smallest absolute Gasteiger partial charge is 0.118 e. The zero-order valence-electron chi connectivity index (χ0n) is 10.9. The SMILES string of the molecule is COc1ccc(-c2cn(-c3cccc(O)c3)nn2)cc1. The Balaban J connectivity index is 1.93. The van der Waals surface area contributed by atoms with Gasteiger partial charge in [0.1, 0.15) is 17.2 Å². The Morgan fingerprint density at radius 1 is 1.10 bits per heavy atom. The lowest BCUT2D eigenvalue weighted by Gasteiger charge is -2.00. The fourth-order valence-corrected chi connectivity index (χ4v) is 1.92. The van der Waals surface area contributed by atoms with Crippen molar-refractivity contribution >= 4 is 0 Å². The number of hydrogen-bond acceptors (Lipinski definition) is 4. The Bertz CT molecular complexity index is 720. The highest BCUT2D eigenvalue weighted by molar-refractivity contribution is 5.59. The van der Waals surface area contributed by atoms with Gasteiger partial charge in [-0.15, -0.1) is 5.10 Å². The number of nitrogens with zero attached hydrogens (tertiary/aromatic N) is 3. The third kappa shape index (κ3) is 2.33. The highest BCUT2D eigenvalue weighted by atomic mass is 16.5. The van der Waals surface area contributed by atoms with Crippen LogP contribution in [-0.4, -0.2) is 27.2 Å². The standard InChI is InChI=1S/C15H13N3O2/c1-20-14-7-5-11(6-8-14)15-10-18(17-16-15)12-3-2-4-13(19)9-12/h2-10,19H,1H3. The quantitative estimate of drug-likeness (QED) is 0.792.